The molecule has 7 nitrogen and oxygen atoms in total. The molecule has 0 N–H and O–H groups in total. The predicted molar refractivity (Wildman–Crippen MR) is 104 cm³/mol. The van der Waals surface area contributed by atoms with E-state index in [1.165, 1.54) is 18.3 Å². The summed E-state index contributed by atoms with van der Waals surface area (Å²) in [6, 6.07) is 7.12. The number of ketones is 1. The Morgan fingerprint density at radius 3 is 2.86 bits per heavy atom. The van der Waals surface area contributed by atoms with E-state index < -0.39 is 17.7 Å². The summed E-state index contributed by atoms with van der Waals surface area (Å²) >= 11 is 1.31. The van der Waals surface area contributed by atoms with E-state index in [-0.39, 0.29) is 11.3 Å². The van der Waals surface area contributed by atoms with Gasteiger partial charge in [-0.05, 0) is 26.0 Å². The number of thiazole rings is 1. The van der Waals surface area contributed by atoms with Gasteiger partial charge < -0.3 is 4.74 Å². The largest absolute Gasteiger partial charge is 0.465 e. The van der Waals surface area contributed by atoms with Crippen molar-refractivity contribution in [1.82, 2.24) is 14.3 Å². The fourth-order valence-corrected chi connectivity index (χ4v) is 5.32. The molecule has 2 bridgehead atoms. The molecule has 0 spiro atoms. The van der Waals surface area contributed by atoms with Gasteiger partial charge in [0.1, 0.15) is 17.5 Å². The molecular formula is C20H18N4O3S. The molecule has 142 valence electrons. The summed E-state index contributed by atoms with van der Waals surface area (Å²) in [5.74, 6) is 0.0542. The van der Waals surface area contributed by atoms with Crippen LogP contribution in [0.15, 0.2) is 46.4 Å². The van der Waals surface area contributed by atoms with Crippen molar-refractivity contribution in [2.45, 2.75) is 25.6 Å². The van der Waals surface area contributed by atoms with Crippen molar-refractivity contribution < 1.29 is 9.53 Å². The molecule has 3 atom stereocenters. The number of aryl methyl sites for hydroxylation is 1. The zero-order valence-corrected chi connectivity index (χ0v) is 16.4. The molecular weight excluding hydrogens is 376 g/mol. The number of fused-ring (bicyclic) bond motifs is 6. The number of hydrogen-bond donors (Lipinski definition) is 0. The molecule has 28 heavy (non-hydrogen) atoms. The second kappa shape index (κ2) is 5.75. The standard InChI is InChI=1S/C20H18N4O3S/c1-11(25)16-17-13-6-4-5-7-14(13)27-20(16,2)22-19-24(17)18(26)15(28-19)8-12-9-21-23(3)10-12/h4-10,16-17H,1-3H3/b15-8-. The molecule has 1 aromatic carbocycles. The van der Waals surface area contributed by atoms with Crippen LogP contribution in [0.5, 0.6) is 5.75 Å². The number of nitrogens with zero attached hydrogens (tertiary/aromatic N) is 4. The van der Waals surface area contributed by atoms with Gasteiger partial charge >= 0.3 is 0 Å². The molecule has 0 fully saturated rings. The average molecular weight is 394 g/mol. The molecule has 0 saturated carbocycles. The fourth-order valence-electron chi connectivity index (χ4n) is 4.22. The monoisotopic (exact) mass is 394 g/mol. The Bertz CT molecular complexity index is 1300. The van der Waals surface area contributed by atoms with Gasteiger partial charge in [0, 0.05) is 24.4 Å². The summed E-state index contributed by atoms with van der Waals surface area (Å²) in [5.41, 5.74) is 0.493. The van der Waals surface area contributed by atoms with E-state index >= 15 is 0 Å². The van der Waals surface area contributed by atoms with Crippen molar-refractivity contribution in [3.8, 4) is 5.75 Å². The number of para-hydroxylation sites is 1. The Morgan fingerprint density at radius 1 is 1.36 bits per heavy atom. The quantitative estimate of drug-likeness (QED) is 0.650. The molecule has 0 saturated heterocycles. The maximum absolute atomic E-state index is 13.3. The van der Waals surface area contributed by atoms with Gasteiger partial charge in [0.25, 0.3) is 5.56 Å². The lowest BCUT2D eigenvalue weighted by Crippen LogP contribution is -2.58. The van der Waals surface area contributed by atoms with E-state index in [2.05, 4.69) is 5.10 Å². The second-order valence-corrected chi connectivity index (χ2v) is 8.36. The highest BCUT2D eigenvalue weighted by Gasteiger charge is 2.53. The Kier molecular flexibility index (Phi) is 3.51. The summed E-state index contributed by atoms with van der Waals surface area (Å²) in [4.78, 5) is 31.2. The normalized spacial score (nSPS) is 25.5. The number of Topliss-reactive ketones (excluding diaryl/α,β-unsaturated/α-hetero) is 1. The van der Waals surface area contributed by atoms with E-state index in [1.807, 2.05) is 50.5 Å². The highest BCUT2D eigenvalue weighted by atomic mass is 32.1. The van der Waals surface area contributed by atoms with Gasteiger partial charge in [-0.1, -0.05) is 29.5 Å². The zero-order chi connectivity index (χ0) is 19.6. The van der Waals surface area contributed by atoms with Crippen LogP contribution in [0.2, 0.25) is 0 Å². The van der Waals surface area contributed by atoms with Crippen LogP contribution in [0.1, 0.15) is 31.0 Å². The smallest absolute Gasteiger partial charge is 0.270 e. The van der Waals surface area contributed by atoms with Gasteiger partial charge in [0.2, 0.25) is 5.72 Å². The van der Waals surface area contributed by atoms with Gasteiger partial charge in [-0.15, -0.1) is 0 Å². The highest BCUT2D eigenvalue weighted by molar-refractivity contribution is 7.07. The second-order valence-electron chi connectivity index (χ2n) is 7.36. The van der Waals surface area contributed by atoms with Crippen molar-refractivity contribution >= 4 is 23.2 Å². The Hall–Kier alpha value is -3.00. The topological polar surface area (TPSA) is 78.5 Å². The van der Waals surface area contributed by atoms with Crippen LogP contribution in [-0.2, 0) is 11.8 Å². The summed E-state index contributed by atoms with van der Waals surface area (Å²) in [6.45, 7) is 3.36. The fraction of sp³-hybridized carbons (Fsp3) is 0.300. The third-order valence-electron chi connectivity index (χ3n) is 5.34. The maximum Gasteiger partial charge on any atom is 0.270 e. The molecule has 5 rings (SSSR count). The Balaban J connectivity index is 1.82. The molecule has 0 radical (unpaired) electrons. The lowest BCUT2D eigenvalue weighted by molar-refractivity contribution is -0.132. The summed E-state index contributed by atoms with van der Waals surface area (Å²) in [6.07, 6.45) is 5.36. The average Bonchev–Trinajstić information content (AvgIpc) is 3.16. The van der Waals surface area contributed by atoms with Crippen LogP contribution >= 0.6 is 11.3 Å². The van der Waals surface area contributed by atoms with E-state index in [9.17, 15) is 9.59 Å². The van der Waals surface area contributed by atoms with E-state index in [1.54, 1.807) is 15.4 Å². The minimum Gasteiger partial charge on any atom is -0.465 e. The van der Waals surface area contributed by atoms with Crippen LogP contribution < -0.4 is 19.6 Å². The lowest BCUT2D eigenvalue weighted by Gasteiger charge is -2.45. The molecule has 8 heteroatoms. The molecule has 4 heterocycles. The number of rotatable bonds is 2. The number of hydrogen-bond acceptors (Lipinski definition) is 6. The van der Waals surface area contributed by atoms with Gasteiger partial charge in [-0.3, -0.25) is 18.8 Å². The van der Waals surface area contributed by atoms with E-state index in [0.717, 1.165) is 11.1 Å². The molecule has 3 unspecified atom stereocenters. The van der Waals surface area contributed by atoms with Crippen LogP contribution in [0.4, 0.5) is 0 Å². The number of benzene rings is 1. The van der Waals surface area contributed by atoms with Crippen molar-refractivity contribution in [1.29, 1.82) is 0 Å². The summed E-state index contributed by atoms with van der Waals surface area (Å²) < 4.78 is 10.1. The van der Waals surface area contributed by atoms with E-state index in [0.29, 0.717) is 15.1 Å². The van der Waals surface area contributed by atoms with Gasteiger partial charge in [0.15, 0.2) is 4.80 Å². The van der Waals surface area contributed by atoms with Crippen LogP contribution in [-0.4, -0.2) is 25.9 Å². The van der Waals surface area contributed by atoms with Gasteiger partial charge in [0.05, 0.1) is 16.8 Å². The molecule has 2 aromatic heterocycles. The first-order valence-corrected chi connectivity index (χ1v) is 9.79. The molecule has 3 aromatic rings. The molecule has 2 aliphatic heterocycles. The SMILES string of the molecule is CC(=O)C1C2c3ccccc3OC1(C)N=c1s/c(=C\c3cnn(C)c3)c(=O)n12. The predicted octanol–water partition coefficient (Wildman–Crippen LogP) is 1.01. The molecule has 2 aliphatic rings. The molecule has 0 aliphatic carbocycles. The third kappa shape index (κ3) is 2.34. The minimum atomic E-state index is -1.03. The highest BCUT2D eigenvalue weighted by Crippen LogP contribution is 2.47. The number of carbonyl (C=O) groups excluding carboxylic acids is 1. The maximum atomic E-state index is 13.3. The zero-order valence-electron chi connectivity index (χ0n) is 15.6. The van der Waals surface area contributed by atoms with Crippen LogP contribution in [0.3, 0.4) is 0 Å². The summed E-state index contributed by atoms with van der Waals surface area (Å²) in [5, 5.41) is 4.15. The first-order chi connectivity index (χ1) is 13.4. The minimum absolute atomic E-state index is 0.0488. The number of aromatic nitrogens is 3. The van der Waals surface area contributed by atoms with Gasteiger partial charge in [-0.25, -0.2) is 4.99 Å². The van der Waals surface area contributed by atoms with Crippen molar-refractivity contribution in [2.24, 2.45) is 18.0 Å². The lowest BCUT2D eigenvalue weighted by atomic mass is 9.79. The Morgan fingerprint density at radius 2 is 2.14 bits per heavy atom. The first-order valence-electron chi connectivity index (χ1n) is 8.97. The van der Waals surface area contributed by atoms with Crippen molar-refractivity contribution in [3.05, 3.63) is 67.5 Å². The number of ether oxygens (including phenoxy) is 1. The molecule has 0 amide bonds. The van der Waals surface area contributed by atoms with Crippen LogP contribution in [0.25, 0.3) is 6.08 Å². The van der Waals surface area contributed by atoms with Crippen molar-refractivity contribution in [3.63, 3.8) is 0 Å². The van der Waals surface area contributed by atoms with Crippen molar-refractivity contribution in [2.75, 3.05) is 0 Å². The Labute approximate surface area is 164 Å². The first kappa shape index (κ1) is 17.1. The third-order valence-corrected chi connectivity index (χ3v) is 6.32. The van der Waals surface area contributed by atoms with E-state index in [4.69, 9.17) is 9.73 Å². The summed E-state index contributed by atoms with van der Waals surface area (Å²) in [7, 11) is 1.83. The van der Waals surface area contributed by atoms with Crippen LogP contribution in [0, 0.1) is 5.92 Å². The number of carbonyl (C=O) groups is 1. The van der Waals surface area contributed by atoms with Gasteiger partial charge in [-0.2, -0.15) is 5.10 Å².